The molecule has 2 rings (SSSR count). The summed E-state index contributed by atoms with van der Waals surface area (Å²) in [5.74, 6) is 0. The molecule has 5 nitrogen and oxygen atoms in total. The molecule has 1 heterocycles. The number of likely N-dealkylation sites (N-methyl/N-ethyl adjacent to an activating group) is 1. The van der Waals surface area contributed by atoms with Crippen molar-refractivity contribution in [2.24, 2.45) is 0 Å². The van der Waals surface area contributed by atoms with Crippen LogP contribution in [0.1, 0.15) is 0 Å². The minimum atomic E-state index is -3.53. The highest BCUT2D eigenvalue weighted by Crippen LogP contribution is 2.18. The van der Waals surface area contributed by atoms with Gasteiger partial charge in [-0.05, 0) is 24.3 Å². The maximum atomic E-state index is 12.2. The molecule has 0 aromatic heterocycles. The van der Waals surface area contributed by atoms with Crippen LogP contribution in [0, 0.1) is 0 Å². The van der Waals surface area contributed by atoms with Gasteiger partial charge in [0, 0.05) is 12.1 Å². The highest BCUT2D eigenvalue weighted by molar-refractivity contribution is 7.89. The lowest BCUT2D eigenvalue weighted by atomic mass is 10.4. The van der Waals surface area contributed by atoms with E-state index in [-0.39, 0.29) is 11.4 Å². The van der Waals surface area contributed by atoms with Crippen molar-refractivity contribution in [2.75, 3.05) is 26.8 Å². The summed E-state index contributed by atoms with van der Waals surface area (Å²) in [6, 6.07) is 6.05. The molecular formula is C11H14ClNO4S. The molecule has 0 radical (unpaired) electrons. The van der Waals surface area contributed by atoms with E-state index in [1.807, 2.05) is 0 Å². The molecule has 1 aromatic carbocycles. The number of sulfonamides is 1. The van der Waals surface area contributed by atoms with Crippen LogP contribution in [0.25, 0.3) is 0 Å². The molecule has 18 heavy (non-hydrogen) atoms. The van der Waals surface area contributed by atoms with Gasteiger partial charge in [0.15, 0.2) is 6.29 Å². The van der Waals surface area contributed by atoms with Gasteiger partial charge in [-0.2, -0.15) is 4.31 Å². The first-order chi connectivity index (χ1) is 8.50. The number of rotatable bonds is 4. The quantitative estimate of drug-likeness (QED) is 0.840. The van der Waals surface area contributed by atoms with Gasteiger partial charge < -0.3 is 9.47 Å². The third-order valence-electron chi connectivity index (χ3n) is 2.62. The zero-order valence-corrected chi connectivity index (χ0v) is 11.4. The molecule has 7 heteroatoms. The minimum absolute atomic E-state index is 0.172. The predicted octanol–water partition coefficient (Wildman–Crippen LogP) is 1.33. The van der Waals surface area contributed by atoms with Crippen molar-refractivity contribution in [2.45, 2.75) is 11.2 Å². The second-order valence-corrected chi connectivity index (χ2v) is 6.39. The SMILES string of the molecule is CN(CC1OCCO1)S(=O)(=O)c1ccc(Cl)cc1. The fourth-order valence-electron chi connectivity index (χ4n) is 1.61. The molecule has 0 bridgehead atoms. The van der Waals surface area contributed by atoms with Crippen LogP contribution in [0.15, 0.2) is 29.2 Å². The van der Waals surface area contributed by atoms with E-state index in [4.69, 9.17) is 21.1 Å². The minimum Gasteiger partial charge on any atom is -0.349 e. The molecule has 1 saturated heterocycles. The molecule has 1 aliphatic heterocycles. The molecule has 0 atom stereocenters. The standard InChI is InChI=1S/C11H14ClNO4S/c1-13(8-11-16-6-7-17-11)18(14,15)10-4-2-9(12)3-5-10/h2-5,11H,6-8H2,1H3. The van der Waals surface area contributed by atoms with Gasteiger partial charge in [-0.15, -0.1) is 0 Å². The molecule has 1 fully saturated rings. The van der Waals surface area contributed by atoms with E-state index in [1.165, 1.54) is 23.5 Å². The maximum Gasteiger partial charge on any atom is 0.242 e. The second kappa shape index (κ2) is 5.54. The monoisotopic (exact) mass is 291 g/mol. The normalized spacial score (nSPS) is 17.5. The van der Waals surface area contributed by atoms with Crippen LogP contribution in [0.2, 0.25) is 5.02 Å². The van der Waals surface area contributed by atoms with Crippen LogP contribution in [-0.4, -0.2) is 45.8 Å². The Balaban J connectivity index is 2.11. The molecule has 100 valence electrons. The van der Waals surface area contributed by atoms with Gasteiger partial charge in [0.1, 0.15) is 0 Å². The molecular weight excluding hydrogens is 278 g/mol. The second-order valence-electron chi connectivity index (χ2n) is 3.91. The van der Waals surface area contributed by atoms with Crippen LogP contribution in [0.4, 0.5) is 0 Å². The molecule has 0 N–H and O–H groups in total. The molecule has 1 aliphatic rings. The predicted molar refractivity (Wildman–Crippen MR) is 67.0 cm³/mol. The maximum absolute atomic E-state index is 12.2. The highest BCUT2D eigenvalue weighted by Gasteiger charge is 2.26. The van der Waals surface area contributed by atoms with Crippen LogP contribution in [-0.2, 0) is 19.5 Å². The lowest BCUT2D eigenvalue weighted by molar-refractivity contribution is -0.0482. The third kappa shape index (κ3) is 3.02. The highest BCUT2D eigenvalue weighted by atomic mass is 35.5. The molecule has 0 unspecified atom stereocenters. The van der Waals surface area contributed by atoms with Crippen LogP contribution in [0.5, 0.6) is 0 Å². The average molecular weight is 292 g/mol. The van der Waals surface area contributed by atoms with Crippen molar-refractivity contribution in [3.05, 3.63) is 29.3 Å². The average Bonchev–Trinajstić information content (AvgIpc) is 2.82. The molecule has 0 amide bonds. The van der Waals surface area contributed by atoms with Gasteiger partial charge in [0.25, 0.3) is 0 Å². The van der Waals surface area contributed by atoms with Gasteiger partial charge in [-0.25, -0.2) is 8.42 Å². The van der Waals surface area contributed by atoms with Gasteiger partial charge in [-0.3, -0.25) is 0 Å². The zero-order chi connectivity index (χ0) is 13.2. The van der Waals surface area contributed by atoms with Crippen molar-refractivity contribution >= 4 is 21.6 Å². The van der Waals surface area contributed by atoms with Gasteiger partial charge in [0.2, 0.25) is 10.0 Å². The lowest BCUT2D eigenvalue weighted by Gasteiger charge is -2.20. The topological polar surface area (TPSA) is 55.8 Å². The number of halogens is 1. The van der Waals surface area contributed by atoms with E-state index in [9.17, 15) is 8.42 Å². The Morgan fingerprint density at radius 3 is 2.39 bits per heavy atom. The first-order valence-electron chi connectivity index (χ1n) is 5.45. The van der Waals surface area contributed by atoms with E-state index in [1.54, 1.807) is 12.1 Å². The van der Waals surface area contributed by atoms with Crippen molar-refractivity contribution in [1.29, 1.82) is 0 Å². The van der Waals surface area contributed by atoms with Crippen molar-refractivity contribution in [3.8, 4) is 0 Å². The van der Waals surface area contributed by atoms with Crippen molar-refractivity contribution in [1.82, 2.24) is 4.31 Å². The summed E-state index contributed by atoms with van der Waals surface area (Å²) in [6.45, 7) is 1.17. The van der Waals surface area contributed by atoms with E-state index < -0.39 is 16.3 Å². The first kappa shape index (κ1) is 13.8. The van der Waals surface area contributed by atoms with E-state index in [0.717, 1.165) is 0 Å². The third-order valence-corrected chi connectivity index (χ3v) is 4.71. The summed E-state index contributed by atoms with van der Waals surface area (Å²) in [7, 11) is -2.03. The number of hydrogen-bond donors (Lipinski definition) is 0. The Bertz CT molecular complexity index is 496. The number of benzene rings is 1. The Morgan fingerprint density at radius 1 is 1.28 bits per heavy atom. The van der Waals surface area contributed by atoms with E-state index in [2.05, 4.69) is 0 Å². The summed E-state index contributed by atoms with van der Waals surface area (Å²) in [5.41, 5.74) is 0. The number of nitrogens with zero attached hydrogens (tertiary/aromatic N) is 1. The van der Waals surface area contributed by atoms with Crippen molar-refractivity contribution in [3.63, 3.8) is 0 Å². The van der Waals surface area contributed by atoms with Crippen LogP contribution >= 0.6 is 11.6 Å². The van der Waals surface area contributed by atoms with E-state index >= 15 is 0 Å². The zero-order valence-electron chi connectivity index (χ0n) is 9.87. The number of ether oxygens (including phenoxy) is 2. The summed E-state index contributed by atoms with van der Waals surface area (Å²) in [5, 5.41) is 0.499. The molecule has 1 aromatic rings. The fraction of sp³-hybridized carbons (Fsp3) is 0.455. The summed E-state index contributed by atoms with van der Waals surface area (Å²) in [4.78, 5) is 0.201. The van der Waals surface area contributed by atoms with Gasteiger partial charge >= 0.3 is 0 Å². The molecule has 0 saturated carbocycles. The number of hydrogen-bond acceptors (Lipinski definition) is 4. The summed E-state index contributed by atoms with van der Waals surface area (Å²) in [6.07, 6.45) is -0.489. The lowest BCUT2D eigenvalue weighted by Crippen LogP contribution is -2.34. The smallest absolute Gasteiger partial charge is 0.242 e. The van der Waals surface area contributed by atoms with Crippen molar-refractivity contribution < 1.29 is 17.9 Å². The van der Waals surface area contributed by atoms with Gasteiger partial charge in [-0.1, -0.05) is 11.6 Å². The summed E-state index contributed by atoms with van der Waals surface area (Å²) < 4.78 is 36.1. The Hall–Kier alpha value is -0.660. The largest absolute Gasteiger partial charge is 0.349 e. The van der Waals surface area contributed by atoms with Crippen LogP contribution in [0.3, 0.4) is 0 Å². The molecule has 0 aliphatic carbocycles. The van der Waals surface area contributed by atoms with Crippen LogP contribution < -0.4 is 0 Å². The fourth-order valence-corrected chi connectivity index (χ4v) is 2.89. The van der Waals surface area contributed by atoms with E-state index in [0.29, 0.717) is 18.2 Å². The Morgan fingerprint density at radius 2 is 1.83 bits per heavy atom. The van der Waals surface area contributed by atoms with Gasteiger partial charge in [0.05, 0.1) is 24.7 Å². The first-order valence-corrected chi connectivity index (χ1v) is 7.27. The molecule has 0 spiro atoms. The Kier molecular flexibility index (Phi) is 4.24. The Labute approximate surface area is 111 Å². The summed E-state index contributed by atoms with van der Waals surface area (Å²) >= 11 is 5.73.